The summed E-state index contributed by atoms with van der Waals surface area (Å²) in [6.45, 7) is 3.56. The zero-order chi connectivity index (χ0) is 29.3. The Morgan fingerprint density at radius 2 is 1.85 bits per heavy atom. The number of aromatic carboxylic acids is 1. The number of carboxylic acid groups (broad SMARTS) is 1. The summed E-state index contributed by atoms with van der Waals surface area (Å²) in [5.74, 6) is -0.323. The number of nitrogens with zero attached hydrogens (tertiary/aromatic N) is 2. The van der Waals surface area contributed by atoms with Gasteiger partial charge in [-0.1, -0.05) is 41.7 Å². The predicted octanol–water partition coefficient (Wildman–Crippen LogP) is 2.44. The molecule has 0 saturated carbocycles. The van der Waals surface area contributed by atoms with Gasteiger partial charge in [0.25, 0.3) is 5.56 Å². The van der Waals surface area contributed by atoms with E-state index in [2.05, 4.69) is 4.99 Å². The summed E-state index contributed by atoms with van der Waals surface area (Å²) in [6.07, 6.45) is 1.56. The Balaban J connectivity index is 1.66. The Kier molecular flexibility index (Phi) is 7.62. The molecule has 4 aromatic rings. The van der Waals surface area contributed by atoms with E-state index in [0.29, 0.717) is 49.2 Å². The summed E-state index contributed by atoms with van der Waals surface area (Å²) >= 11 is 1.14. The van der Waals surface area contributed by atoms with Crippen LogP contribution in [0.15, 0.2) is 80.1 Å². The third kappa shape index (κ3) is 5.07. The van der Waals surface area contributed by atoms with E-state index in [4.69, 9.17) is 18.6 Å². The molecule has 2 aromatic carbocycles. The lowest BCUT2D eigenvalue weighted by atomic mass is 9.95. The topological polar surface area (TPSA) is 132 Å². The van der Waals surface area contributed by atoms with E-state index in [1.165, 1.54) is 24.9 Å². The van der Waals surface area contributed by atoms with Crippen molar-refractivity contribution in [2.24, 2.45) is 4.99 Å². The van der Waals surface area contributed by atoms with E-state index in [0.717, 1.165) is 11.3 Å². The third-order valence-corrected chi connectivity index (χ3v) is 7.54. The molecule has 5 rings (SSSR count). The van der Waals surface area contributed by atoms with Gasteiger partial charge in [-0.25, -0.2) is 9.79 Å². The number of thiazole rings is 1. The molecule has 0 bridgehead atoms. The fraction of sp³-hybridized carbons (Fsp3) is 0.200. The minimum absolute atomic E-state index is 0.00957. The van der Waals surface area contributed by atoms with E-state index in [1.54, 1.807) is 68.5 Å². The van der Waals surface area contributed by atoms with E-state index in [9.17, 15) is 19.5 Å². The predicted molar refractivity (Wildman–Crippen MR) is 148 cm³/mol. The number of benzene rings is 2. The number of carbonyl (C=O) groups is 2. The number of methoxy groups -OCH3 is 2. The van der Waals surface area contributed by atoms with Crippen molar-refractivity contribution >= 4 is 29.4 Å². The zero-order valence-corrected chi connectivity index (χ0v) is 23.4. The molecule has 1 atom stereocenters. The molecule has 10 nitrogen and oxygen atoms in total. The van der Waals surface area contributed by atoms with E-state index in [-0.39, 0.29) is 17.7 Å². The molecule has 3 heterocycles. The fourth-order valence-electron chi connectivity index (χ4n) is 4.71. The van der Waals surface area contributed by atoms with Crippen molar-refractivity contribution in [3.63, 3.8) is 0 Å². The smallest absolute Gasteiger partial charge is 0.338 e. The zero-order valence-electron chi connectivity index (χ0n) is 22.6. The first-order chi connectivity index (χ1) is 19.8. The largest absolute Gasteiger partial charge is 0.545 e. The lowest BCUT2D eigenvalue weighted by molar-refractivity contribution is -0.255. The Bertz CT molecular complexity index is 1880. The number of fused-ring (bicyclic) bond motifs is 1. The van der Waals surface area contributed by atoms with Crippen LogP contribution in [0, 0.1) is 0 Å². The molecule has 0 amide bonds. The number of hydrogen-bond donors (Lipinski definition) is 0. The molecule has 2 aromatic heterocycles. The highest BCUT2D eigenvalue weighted by atomic mass is 32.1. The Morgan fingerprint density at radius 3 is 2.56 bits per heavy atom. The maximum absolute atomic E-state index is 13.9. The first-order valence-corrected chi connectivity index (χ1v) is 13.4. The van der Waals surface area contributed by atoms with Gasteiger partial charge in [0.2, 0.25) is 0 Å². The third-order valence-electron chi connectivity index (χ3n) is 6.55. The van der Waals surface area contributed by atoms with Crippen LogP contribution in [0.25, 0.3) is 17.4 Å². The average molecular weight is 574 g/mol. The molecule has 11 heteroatoms. The minimum Gasteiger partial charge on any atom is -0.545 e. The van der Waals surface area contributed by atoms with E-state index in [1.807, 2.05) is 0 Å². The summed E-state index contributed by atoms with van der Waals surface area (Å²) in [5.41, 5.74) is 1.22. The van der Waals surface area contributed by atoms with Gasteiger partial charge in [0, 0.05) is 17.2 Å². The molecule has 210 valence electrons. The number of hydrogen-bond acceptors (Lipinski definition) is 10. The second-order valence-corrected chi connectivity index (χ2v) is 9.96. The van der Waals surface area contributed by atoms with Gasteiger partial charge in [-0.2, -0.15) is 0 Å². The molecule has 0 unspecified atom stereocenters. The summed E-state index contributed by atoms with van der Waals surface area (Å²) in [7, 11) is 3.02. The Labute approximate surface area is 238 Å². The van der Waals surface area contributed by atoms with Gasteiger partial charge in [-0.05, 0) is 43.7 Å². The van der Waals surface area contributed by atoms with Gasteiger partial charge in [-0.3, -0.25) is 9.36 Å². The number of ether oxygens (including phenoxy) is 3. The van der Waals surface area contributed by atoms with Gasteiger partial charge in [0.15, 0.2) is 16.3 Å². The first-order valence-electron chi connectivity index (χ1n) is 12.6. The van der Waals surface area contributed by atoms with Crippen molar-refractivity contribution in [3.8, 4) is 22.8 Å². The number of carboxylic acids is 1. The number of furan rings is 1. The molecule has 0 fully saturated rings. The molecule has 0 aliphatic carbocycles. The Hall–Kier alpha value is -4.90. The van der Waals surface area contributed by atoms with Crippen molar-refractivity contribution in [1.29, 1.82) is 0 Å². The maximum atomic E-state index is 13.9. The van der Waals surface area contributed by atoms with E-state index >= 15 is 0 Å². The van der Waals surface area contributed by atoms with Crippen LogP contribution in [0.5, 0.6) is 11.5 Å². The van der Waals surface area contributed by atoms with Crippen LogP contribution in [0.4, 0.5) is 0 Å². The van der Waals surface area contributed by atoms with Crippen molar-refractivity contribution in [1.82, 2.24) is 4.57 Å². The maximum Gasteiger partial charge on any atom is 0.338 e. The number of esters is 1. The summed E-state index contributed by atoms with van der Waals surface area (Å²) in [6, 6.07) is 13.9. The van der Waals surface area contributed by atoms with Crippen LogP contribution in [0.3, 0.4) is 0 Å². The number of rotatable bonds is 8. The molecular weight excluding hydrogens is 548 g/mol. The molecular formula is C30H25N2O8S-. The highest BCUT2D eigenvalue weighted by Crippen LogP contribution is 2.36. The molecule has 0 spiro atoms. The highest BCUT2D eigenvalue weighted by molar-refractivity contribution is 7.07. The molecule has 1 aliphatic heterocycles. The monoisotopic (exact) mass is 573 g/mol. The van der Waals surface area contributed by atoms with Gasteiger partial charge in [0.1, 0.15) is 11.5 Å². The summed E-state index contributed by atoms with van der Waals surface area (Å²) in [4.78, 5) is 43.5. The SMILES string of the molecule is CCOC(=O)C1=C(C)N=c2s/c(=C/c3ccc(-c4ccccc4C(=O)[O-])o3)c(=O)n2[C@H]1c1ccc(OC)c(OC)c1. The lowest BCUT2D eigenvalue weighted by Crippen LogP contribution is -2.39. The van der Waals surface area contributed by atoms with Crippen LogP contribution in [-0.2, 0) is 9.53 Å². The van der Waals surface area contributed by atoms with Crippen LogP contribution in [0.2, 0.25) is 0 Å². The molecule has 0 saturated heterocycles. The van der Waals surface area contributed by atoms with Crippen molar-refractivity contribution in [3.05, 3.63) is 102 Å². The first kappa shape index (κ1) is 27.7. The van der Waals surface area contributed by atoms with Gasteiger partial charge in [-0.15, -0.1) is 0 Å². The minimum atomic E-state index is -1.32. The normalized spacial score (nSPS) is 14.8. The fourth-order valence-corrected chi connectivity index (χ4v) is 5.74. The standard InChI is InChI=1S/C30H26N2O8S/c1-5-39-29(36)25-16(2)31-30-32(26(25)17-10-12-22(37-3)23(14-17)38-4)27(33)24(41-30)15-18-11-13-21(40-18)19-8-6-7-9-20(19)28(34)35/h6-15,26H,5H2,1-4H3,(H,34,35)/p-1/b24-15+/t26-/m0/s1. The van der Waals surface area contributed by atoms with E-state index < -0.39 is 23.5 Å². The van der Waals surface area contributed by atoms with Gasteiger partial charge >= 0.3 is 5.97 Å². The van der Waals surface area contributed by atoms with Crippen molar-refractivity contribution in [2.45, 2.75) is 19.9 Å². The highest BCUT2D eigenvalue weighted by Gasteiger charge is 2.34. The summed E-state index contributed by atoms with van der Waals surface area (Å²) in [5, 5.41) is 11.6. The molecule has 41 heavy (non-hydrogen) atoms. The van der Waals surface area contributed by atoms with Crippen LogP contribution < -0.4 is 29.5 Å². The van der Waals surface area contributed by atoms with Gasteiger partial charge < -0.3 is 28.5 Å². The molecule has 0 N–H and O–H groups in total. The second kappa shape index (κ2) is 11.3. The average Bonchev–Trinajstić information content (AvgIpc) is 3.56. The Morgan fingerprint density at radius 1 is 1.10 bits per heavy atom. The molecule has 0 radical (unpaired) electrons. The van der Waals surface area contributed by atoms with Gasteiger partial charge in [0.05, 0.1) is 48.6 Å². The number of aromatic nitrogens is 1. The quantitative estimate of drug-likeness (QED) is 0.294. The van der Waals surface area contributed by atoms with Crippen molar-refractivity contribution in [2.75, 3.05) is 20.8 Å². The van der Waals surface area contributed by atoms with Crippen LogP contribution >= 0.6 is 11.3 Å². The lowest BCUT2D eigenvalue weighted by Gasteiger charge is -2.25. The summed E-state index contributed by atoms with van der Waals surface area (Å²) < 4.78 is 23.8. The van der Waals surface area contributed by atoms with Crippen molar-refractivity contribution < 1.29 is 33.3 Å². The number of carbonyl (C=O) groups excluding carboxylic acids is 2. The number of allylic oxidation sites excluding steroid dienone is 1. The second-order valence-electron chi connectivity index (χ2n) is 8.95. The van der Waals surface area contributed by atoms with Crippen LogP contribution in [-0.4, -0.2) is 37.3 Å². The van der Waals surface area contributed by atoms with Crippen LogP contribution in [0.1, 0.15) is 41.6 Å². The molecule has 1 aliphatic rings.